The van der Waals surface area contributed by atoms with Crippen LogP contribution in [0.15, 0.2) is 18.2 Å². The van der Waals surface area contributed by atoms with Crippen LogP contribution >= 0.6 is 23.2 Å². The number of carbonyl (C=O) groups is 1. The Bertz CT molecular complexity index is 478. The van der Waals surface area contributed by atoms with Gasteiger partial charge in [0.1, 0.15) is 0 Å². The molecule has 0 radical (unpaired) electrons. The summed E-state index contributed by atoms with van der Waals surface area (Å²) in [4.78, 5) is 11.4. The molecule has 0 saturated heterocycles. The molecule has 1 aromatic rings. The number of nitrogens with one attached hydrogen (secondary N) is 1. The first-order valence-corrected chi connectivity index (χ1v) is 6.42. The van der Waals surface area contributed by atoms with Gasteiger partial charge in [-0.2, -0.15) is 0 Å². The van der Waals surface area contributed by atoms with Crippen LogP contribution in [-0.4, -0.2) is 20.6 Å². The van der Waals surface area contributed by atoms with E-state index in [1.54, 1.807) is 10.8 Å². The largest absolute Gasteiger partial charge is 0.268 e. The summed E-state index contributed by atoms with van der Waals surface area (Å²) < 4.78 is 23.4. The van der Waals surface area contributed by atoms with Crippen molar-refractivity contribution in [3.05, 3.63) is 33.8 Å². The van der Waals surface area contributed by atoms with Gasteiger partial charge >= 0.3 is 0 Å². The van der Waals surface area contributed by atoms with Crippen molar-refractivity contribution >= 4 is 39.1 Å². The minimum atomic E-state index is -3.62. The Morgan fingerprint density at radius 1 is 1.27 bits per heavy atom. The van der Waals surface area contributed by atoms with Crippen LogP contribution in [0.1, 0.15) is 10.4 Å². The minimum Gasteiger partial charge on any atom is -0.268 e. The van der Waals surface area contributed by atoms with E-state index in [2.05, 4.69) is 0 Å². The third-order valence-electron chi connectivity index (χ3n) is 1.47. The minimum absolute atomic E-state index is 0.0498. The van der Waals surface area contributed by atoms with Crippen molar-refractivity contribution in [2.45, 2.75) is 0 Å². The quantitative estimate of drug-likeness (QED) is 0.887. The Labute approximate surface area is 97.2 Å². The molecule has 0 heterocycles. The zero-order valence-corrected chi connectivity index (χ0v) is 9.95. The average Bonchev–Trinajstić information content (AvgIpc) is 1.99. The van der Waals surface area contributed by atoms with Gasteiger partial charge < -0.3 is 0 Å². The van der Waals surface area contributed by atoms with E-state index >= 15 is 0 Å². The zero-order chi connectivity index (χ0) is 11.6. The fraction of sp³-hybridized carbons (Fsp3) is 0.125. The summed E-state index contributed by atoms with van der Waals surface area (Å²) in [5.41, 5.74) is -0.0498. The van der Waals surface area contributed by atoms with Gasteiger partial charge in [-0.1, -0.05) is 29.3 Å². The predicted molar refractivity (Wildman–Crippen MR) is 58.8 cm³/mol. The van der Waals surface area contributed by atoms with Crippen LogP contribution in [0.2, 0.25) is 10.0 Å². The van der Waals surface area contributed by atoms with E-state index in [1.807, 2.05) is 0 Å². The van der Waals surface area contributed by atoms with Gasteiger partial charge in [0.15, 0.2) is 0 Å². The third-order valence-corrected chi connectivity index (χ3v) is 2.65. The molecule has 0 aromatic heterocycles. The predicted octanol–water partition coefficient (Wildman–Crippen LogP) is 1.68. The van der Waals surface area contributed by atoms with Crippen LogP contribution < -0.4 is 4.72 Å². The lowest BCUT2D eigenvalue weighted by atomic mass is 10.2. The summed E-state index contributed by atoms with van der Waals surface area (Å²) in [6.45, 7) is 0. The molecule has 7 heteroatoms. The van der Waals surface area contributed by atoms with E-state index in [1.165, 1.54) is 12.1 Å². The number of sulfonamides is 1. The number of halogens is 2. The zero-order valence-electron chi connectivity index (χ0n) is 7.62. The molecule has 0 saturated carbocycles. The molecule has 1 amide bonds. The van der Waals surface area contributed by atoms with Crippen molar-refractivity contribution in [1.29, 1.82) is 0 Å². The molecule has 0 aliphatic carbocycles. The molecule has 0 spiro atoms. The Hall–Kier alpha value is -0.780. The summed E-state index contributed by atoms with van der Waals surface area (Å²) in [7, 11) is -3.62. The number of hydrogen-bond acceptors (Lipinski definition) is 3. The normalized spacial score (nSPS) is 11.1. The maximum atomic E-state index is 11.4. The van der Waals surface area contributed by atoms with Crippen LogP contribution in [-0.2, 0) is 10.0 Å². The van der Waals surface area contributed by atoms with Gasteiger partial charge in [0, 0.05) is 0 Å². The molecule has 82 valence electrons. The highest BCUT2D eigenvalue weighted by Crippen LogP contribution is 2.23. The highest BCUT2D eigenvalue weighted by atomic mass is 35.5. The number of hydrogen-bond donors (Lipinski definition) is 1. The maximum absolute atomic E-state index is 11.4. The van der Waals surface area contributed by atoms with E-state index in [9.17, 15) is 13.2 Å². The van der Waals surface area contributed by atoms with Crippen LogP contribution in [0, 0.1) is 0 Å². The second-order valence-corrected chi connectivity index (χ2v) is 5.36. The Morgan fingerprint density at radius 2 is 1.73 bits per heavy atom. The molecule has 0 bridgehead atoms. The van der Waals surface area contributed by atoms with Crippen LogP contribution in [0.3, 0.4) is 0 Å². The fourth-order valence-electron chi connectivity index (χ4n) is 0.934. The average molecular weight is 268 g/mol. The molecule has 0 aliphatic rings. The van der Waals surface area contributed by atoms with E-state index in [4.69, 9.17) is 23.2 Å². The Balaban J connectivity index is 3.12. The lowest BCUT2D eigenvalue weighted by Gasteiger charge is -2.06. The van der Waals surface area contributed by atoms with Gasteiger partial charge in [0.2, 0.25) is 10.0 Å². The number of rotatable bonds is 2. The Kier molecular flexibility index (Phi) is 3.59. The molecular weight excluding hydrogens is 261 g/mol. The topological polar surface area (TPSA) is 63.2 Å². The first-order valence-electron chi connectivity index (χ1n) is 3.77. The fourth-order valence-corrected chi connectivity index (χ4v) is 1.94. The van der Waals surface area contributed by atoms with Crippen LogP contribution in [0.5, 0.6) is 0 Å². The van der Waals surface area contributed by atoms with Crippen molar-refractivity contribution in [3.8, 4) is 0 Å². The first-order chi connectivity index (χ1) is 6.81. The van der Waals surface area contributed by atoms with E-state index < -0.39 is 15.9 Å². The summed E-state index contributed by atoms with van der Waals surface area (Å²) in [6.07, 6.45) is 0.871. The van der Waals surface area contributed by atoms with Gasteiger partial charge in [-0.05, 0) is 12.1 Å². The SMILES string of the molecule is CS(=O)(=O)NC(=O)c1c(Cl)cccc1Cl. The molecule has 15 heavy (non-hydrogen) atoms. The second kappa shape index (κ2) is 4.38. The molecule has 4 nitrogen and oxygen atoms in total. The number of carbonyl (C=O) groups excluding carboxylic acids is 1. The van der Waals surface area contributed by atoms with Crippen molar-refractivity contribution < 1.29 is 13.2 Å². The monoisotopic (exact) mass is 267 g/mol. The van der Waals surface area contributed by atoms with Crippen LogP contribution in [0.25, 0.3) is 0 Å². The van der Waals surface area contributed by atoms with E-state index in [0.29, 0.717) is 0 Å². The van der Waals surface area contributed by atoms with Crippen LogP contribution in [0.4, 0.5) is 0 Å². The standard InChI is InChI=1S/C8H7Cl2NO3S/c1-15(13,14)11-8(12)7-5(9)3-2-4-6(7)10/h2-4H,1H3,(H,11,12). The summed E-state index contributed by atoms with van der Waals surface area (Å²) in [5, 5.41) is 0.201. The molecule has 0 atom stereocenters. The van der Waals surface area contributed by atoms with Crippen molar-refractivity contribution in [3.63, 3.8) is 0 Å². The van der Waals surface area contributed by atoms with Crippen molar-refractivity contribution in [2.75, 3.05) is 6.26 Å². The first kappa shape index (κ1) is 12.3. The van der Waals surface area contributed by atoms with E-state index in [0.717, 1.165) is 6.26 Å². The molecule has 0 fully saturated rings. The molecule has 1 rings (SSSR count). The highest BCUT2D eigenvalue weighted by molar-refractivity contribution is 7.89. The summed E-state index contributed by atoms with van der Waals surface area (Å²) in [6, 6.07) is 4.46. The van der Waals surface area contributed by atoms with Gasteiger partial charge in [0.25, 0.3) is 5.91 Å². The van der Waals surface area contributed by atoms with Gasteiger partial charge in [0.05, 0.1) is 21.9 Å². The highest BCUT2D eigenvalue weighted by Gasteiger charge is 2.17. The van der Waals surface area contributed by atoms with Gasteiger partial charge in [-0.25, -0.2) is 13.1 Å². The summed E-state index contributed by atoms with van der Waals surface area (Å²) in [5.74, 6) is -0.840. The van der Waals surface area contributed by atoms with Gasteiger partial charge in [-0.15, -0.1) is 0 Å². The maximum Gasteiger partial charge on any atom is 0.267 e. The molecule has 1 aromatic carbocycles. The summed E-state index contributed by atoms with van der Waals surface area (Å²) >= 11 is 11.4. The van der Waals surface area contributed by atoms with Gasteiger partial charge in [-0.3, -0.25) is 4.79 Å². The third kappa shape index (κ3) is 3.37. The molecule has 0 aliphatic heterocycles. The molecule has 1 N–H and O–H groups in total. The lowest BCUT2D eigenvalue weighted by Crippen LogP contribution is -2.29. The Morgan fingerprint density at radius 3 is 2.13 bits per heavy atom. The smallest absolute Gasteiger partial charge is 0.267 e. The van der Waals surface area contributed by atoms with E-state index in [-0.39, 0.29) is 15.6 Å². The van der Waals surface area contributed by atoms with Crippen molar-refractivity contribution in [1.82, 2.24) is 4.72 Å². The molecule has 0 unspecified atom stereocenters. The molecular formula is C8H7Cl2NO3S. The van der Waals surface area contributed by atoms with Crippen molar-refractivity contribution in [2.24, 2.45) is 0 Å². The number of amides is 1. The number of benzene rings is 1. The second-order valence-electron chi connectivity index (χ2n) is 2.80. The lowest BCUT2D eigenvalue weighted by molar-refractivity contribution is 0.0982.